The largest absolute Gasteiger partial charge is 0.336 e. The average molecular weight is 371 g/mol. The quantitative estimate of drug-likeness (QED) is 0.839. The van der Waals surface area contributed by atoms with Crippen molar-refractivity contribution < 1.29 is 4.79 Å². The van der Waals surface area contributed by atoms with Gasteiger partial charge in [-0.3, -0.25) is 9.78 Å². The second-order valence-corrected chi connectivity index (χ2v) is 5.93. The van der Waals surface area contributed by atoms with Gasteiger partial charge in [0.2, 0.25) is 0 Å². The van der Waals surface area contributed by atoms with Gasteiger partial charge < -0.3 is 10.2 Å². The third kappa shape index (κ3) is 3.36. The van der Waals surface area contributed by atoms with Crippen molar-refractivity contribution in [1.29, 1.82) is 0 Å². The molecular weight excluding hydrogens is 354 g/mol. The van der Waals surface area contributed by atoms with Gasteiger partial charge in [0.15, 0.2) is 0 Å². The Kier molecular flexibility index (Phi) is 5.19. The van der Waals surface area contributed by atoms with Crippen molar-refractivity contribution in [3.63, 3.8) is 0 Å². The van der Waals surface area contributed by atoms with Gasteiger partial charge in [0.1, 0.15) is 0 Å². The molecule has 0 unspecified atom stereocenters. The summed E-state index contributed by atoms with van der Waals surface area (Å²) in [6, 6.07) is 7.76. The van der Waals surface area contributed by atoms with Crippen LogP contribution in [0.1, 0.15) is 16.1 Å². The van der Waals surface area contributed by atoms with E-state index in [1.54, 1.807) is 0 Å². The van der Waals surface area contributed by atoms with Crippen LogP contribution >= 0.6 is 28.3 Å². The number of benzene rings is 1. The van der Waals surface area contributed by atoms with E-state index in [9.17, 15) is 4.79 Å². The lowest BCUT2D eigenvalue weighted by molar-refractivity contribution is 0.0737. The van der Waals surface area contributed by atoms with Gasteiger partial charge in [0.25, 0.3) is 5.91 Å². The second-order valence-electron chi connectivity index (χ2n) is 5.01. The minimum atomic E-state index is 0. The van der Waals surface area contributed by atoms with Gasteiger partial charge in [0.05, 0.1) is 11.1 Å². The number of carbonyl (C=O) groups is 1. The van der Waals surface area contributed by atoms with Crippen molar-refractivity contribution in [2.24, 2.45) is 0 Å². The Hall–Kier alpha value is -1.17. The molecule has 0 saturated carbocycles. The van der Waals surface area contributed by atoms with Crippen molar-refractivity contribution in [3.8, 4) is 0 Å². The molecule has 21 heavy (non-hydrogen) atoms. The summed E-state index contributed by atoms with van der Waals surface area (Å²) in [7, 11) is 0. The highest BCUT2D eigenvalue weighted by Crippen LogP contribution is 2.24. The average Bonchev–Trinajstić information content (AvgIpc) is 2.47. The topological polar surface area (TPSA) is 45.2 Å². The molecule has 0 atom stereocenters. The van der Waals surface area contributed by atoms with E-state index in [4.69, 9.17) is 0 Å². The third-order valence-corrected chi connectivity index (χ3v) is 4.03. The molecule has 0 spiro atoms. The molecule has 1 fully saturated rings. The third-order valence-electron chi connectivity index (χ3n) is 3.53. The molecule has 1 saturated heterocycles. The smallest absolute Gasteiger partial charge is 0.254 e. The highest BCUT2D eigenvalue weighted by atomic mass is 79.9. The first-order valence-corrected chi connectivity index (χ1v) is 7.51. The zero-order chi connectivity index (χ0) is 14.1. The number of nitrogens with one attached hydrogen (secondary N) is 1. The van der Waals surface area contributed by atoms with Crippen LogP contribution in [0.25, 0.3) is 10.9 Å². The molecule has 0 aliphatic carbocycles. The molecule has 3 rings (SSSR count). The number of halogens is 2. The summed E-state index contributed by atoms with van der Waals surface area (Å²) in [5.41, 5.74) is 2.49. The summed E-state index contributed by atoms with van der Waals surface area (Å²) in [4.78, 5) is 19.1. The van der Waals surface area contributed by atoms with Crippen LogP contribution in [0.4, 0.5) is 0 Å². The number of hydrogen-bond acceptors (Lipinski definition) is 3. The Morgan fingerprint density at radius 3 is 2.71 bits per heavy atom. The zero-order valence-electron chi connectivity index (χ0n) is 11.7. The monoisotopic (exact) mass is 369 g/mol. The van der Waals surface area contributed by atoms with Gasteiger partial charge in [-0.05, 0) is 31.2 Å². The predicted octanol–water partition coefficient (Wildman–Crippen LogP) is 2.77. The van der Waals surface area contributed by atoms with Crippen LogP contribution in [0.5, 0.6) is 0 Å². The van der Waals surface area contributed by atoms with Gasteiger partial charge in [-0.15, -0.1) is 12.4 Å². The van der Waals surface area contributed by atoms with E-state index >= 15 is 0 Å². The Bertz CT molecular complexity index is 671. The van der Waals surface area contributed by atoms with Crippen molar-refractivity contribution in [1.82, 2.24) is 15.2 Å². The fraction of sp³-hybridized carbons (Fsp3) is 0.333. The molecule has 1 aliphatic heterocycles. The molecule has 6 heteroatoms. The van der Waals surface area contributed by atoms with Crippen molar-refractivity contribution in [2.75, 3.05) is 26.2 Å². The minimum Gasteiger partial charge on any atom is -0.336 e. The fourth-order valence-electron chi connectivity index (χ4n) is 2.55. The van der Waals surface area contributed by atoms with Gasteiger partial charge in [-0.25, -0.2) is 0 Å². The highest BCUT2D eigenvalue weighted by Gasteiger charge is 2.20. The summed E-state index contributed by atoms with van der Waals surface area (Å²) in [5.74, 6) is 0.0973. The SMILES string of the molecule is Cc1cc(C(=O)N2CCNCC2)c2cc(Br)ccc2n1.Cl. The van der Waals surface area contributed by atoms with Gasteiger partial charge in [-0.2, -0.15) is 0 Å². The van der Waals surface area contributed by atoms with Crippen LogP contribution in [0, 0.1) is 6.92 Å². The summed E-state index contributed by atoms with van der Waals surface area (Å²) >= 11 is 3.47. The number of fused-ring (bicyclic) bond motifs is 1. The Balaban J connectivity index is 0.00000161. The first kappa shape index (κ1) is 16.2. The summed E-state index contributed by atoms with van der Waals surface area (Å²) in [5, 5.41) is 4.18. The van der Waals surface area contributed by atoms with E-state index in [-0.39, 0.29) is 18.3 Å². The zero-order valence-corrected chi connectivity index (χ0v) is 14.1. The lowest BCUT2D eigenvalue weighted by atomic mass is 10.1. The summed E-state index contributed by atoms with van der Waals surface area (Å²) < 4.78 is 0.963. The molecule has 112 valence electrons. The molecule has 2 heterocycles. The molecule has 1 N–H and O–H groups in total. The van der Waals surface area contributed by atoms with Crippen LogP contribution < -0.4 is 5.32 Å². The van der Waals surface area contributed by atoms with E-state index in [1.807, 2.05) is 36.1 Å². The molecule has 1 amide bonds. The van der Waals surface area contributed by atoms with Gasteiger partial charge in [-0.1, -0.05) is 15.9 Å². The van der Waals surface area contributed by atoms with E-state index in [0.717, 1.165) is 52.8 Å². The number of rotatable bonds is 1. The van der Waals surface area contributed by atoms with E-state index in [0.29, 0.717) is 0 Å². The summed E-state index contributed by atoms with van der Waals surface area (Å²) in [6.07, 6.45) is 0. The number of piperazine rings is 1. The Labute approximate surface area is 138 Å². The van der Waals surface area contributed by atoms with Gasteiger partial charge >= 0.3 is 0 Å². The maximum atomic E-state index is 12.7. The lowest BCUT2D eigenvalue weighted by Crippen LogP contribution is -2.46. The Morgan fingerprint density at radius 2 is 2.00 bits per heavy atom. The van der Waals surface area contributed by atoms with Crippen LogP contribution in [0.3, 0.4) is 0 Å². The second kappa shape index (κ2) is 6.73. The molecule has 1 aromatic carbocycles. The predicted molar refractivity (Wildman–Crippen MR) is 90.2 cm³/mol. The van der Waals surface area contributed by atoms with Crippen molar-refractivity contribution in [2.45, 2.75) is 6.92 Å². The molecule has 1 aliphatic rings. The minimum absolute atomic E-state index is 0. The molecule has 1 aromatic heterocycles. The van der Waals surface area contributed by atoms with Crippen LogP contribution in [0.15, 0.2) is 28.7 Å². The van der Waals surface area contributed by atoms with E-state index in [2.05, 4.69) is 26.2 Å². The van der Waals surface area contributed by atoms with Crippen molar-refractivity contribution in [3.05, 3.63) is 40.0 Å². The standard InChI is InChI=1S/C15H16BrN3O.ClH/c1-10-8-13(15(20)19-6-4-17-5-7-19)12-9-11(16)2-3-14(12)18-10;/h2-3,8-9,17H,4-7H2,1H3;1H. The number of amides is 1. The highest BCUT2D eigenvalue weighted by molar-refractivity contribution is 9.10. The number of aromatic nitrogens is 1. The van der Waals surface area contributed by atoms with Crippen LogP contribution in [-0.4, -0.2) is 42.0 Å². The fourth-order valence-corrected chi connectivity index (χ4v) is 2.91. The normalized spacial score (nSPS) is 14.9. The first-order valence-electron chi connectivity index (χ1n) is 6.72. The molecule has 2 aromatic rings. The number of hydrogen-bond donors (Lipinski definition) is 1. The number of pyridine rings is 1. The number of nitrogens with zero attached hydrogens (tertiary/aromatic N) is 2. The van der Waals surface area contributed by atoms with Crippen LogP contribution in [0.2, 0.25) is 0 Å². The molecular formula is C15H17BrClN3O. The number of carbonyl (C=O) groups excluding carboxylic acids is 1. The Morgan fingerprint density at radius 1 is 1.29 bits per heavy atom. The molecule has 0 radical (unpaired) electrons. The van der Waals surface area contributed by atoms with E-state index < -0.39 is 0 Å². The van der Waals surface area contributed by atoms with Crippen LogP contribution in [-0.2, 0) is 0 Å². The first-order chi connectivity index (χ1) is 9.65. The summed E-state index contributed by atoms with van der Waals surface area (Å²) in [6.45, 7) is 5.16. The molecule has 0 bridgehead atoms. The maximum Gasteiger partial charge on any atom is 0.254 e. The van der Waals surface area contributed by atoms with Gasteiger partial charge in [0, 0.05) is 41.7 Å². The molecule has 4 nitrogen and oxygen atoms in total. The lowest BCUT2D eigenvalue weighted by Gasteiger charge is -2.28. The maximum absolute atomic E-state index is 12.7. The number of aryl methyl sites for hydroxylation is 1. The van der Waals surface area contributed by atoms with E-state index in [1.165, 1.54) is 0 Å². The van der Waals surface area contributed by atoms with Crippen molar-refractivity contribution >= 4 is 45.1 Å².